The Morgan fingerprint density at radius 3 is 2.33 bits per heavy atom. The second kappa shape index (κ2) is 9.37. The number of anilines is 1. The molecule has 3 rings (SSSR count). The van der Waals surface area contributed by atoms with E-state index >= 15 is 0 Å². The smallest absolute Gasteiger partial charge is 0.279 e. The van der Waals surface area contributed by atoms with Gasteiger partial charge in [-0.3, -0.25) is 4.79 Å². The molecular weight excluding hydrogens is 386 g/mol. The summed E-state index contributed by atoms with van der Waals surface area (Å²) >= 11 is 6.19. The standard InChI is InChI=1S/C19H28ClN3O3S/c20-17-9-8-16(21-19(24)15-22-10-4-1-2-5-11-22)14-18(17)27(25,26)23-12-6-3-7-13-23/h8-9,14H,1-7,10-13,15H2,(H,21,24)/p+1. The number of likely N-dealkylation sites (tertiary alicyclic amines) is 1. The molecule has 0 atom stereocenters. The van der Waals surface area contributed by atoms with E-state index in [9.17, 15) is 13.2 Å². The fourth-order valence-corrected chi connectivity index (χ4v) is 5.88. The van der Waals surface area contributed by atoms with Gasteiger partial charge >= 0.3 is 0 Å². The van der Waals surface area contributed by atoms with E-state index in [2.05, 4.69) is 5.32 Å². The summed E-state index contributed by atoms with van der Waals surface area (Å²) in [6, 6.07) is 4.70. The number of halogens is 1. The summed E-state index contributed by atoms with van der Waals surface area (Å²) in [6.07, 6.45) is 7.57. The summed E-state index contributed by atoms with van der Waals surface area (Å²) < 4.78 is 27.3. The second-order valence-corrected chi connectivity index (χ2v) is 9.81. The Morgan fingerprint density at radius 1 is 1.04 bits per heavy atom. The molecule has 2 fully saturated rings. The molecule has 150 valence electrons. The Labute approximate surface area is 166 Å². The van der Waals surface area contributed by atoms with E-state index in [1.54, 1.807) is 12.1 Å². The molecule has 1 aromatic rings. The van der Waals surface area contributed by atoms with Crippen LogP contribution in [0, 0.1) is 0 Å². The molecule has 1 aromatic carbocycles. The van der Waals surface area contributed by atoms with E-state index in [-0.39, 0.29) is 15.8 Å². The van der Waals surface area contributed by atoms with E-state index in [1.165, 1.54) is 28.1 Å². The van der Waals surface area contributed by atoms with Crippen molar-refractivity contribution in [1.82, 2.24) is 4.31 Å². The van der Waals surface area contributed by atoms with Crippen LogP contribution in [0.5, 0.6) is 0 Å². The van der Waals surface area contributed by atoms with Crippen LogP contribution >= 0.6 is 11.6 Å². The third kappa shape index (κ3) is 5.44. The Morgan fingerprint density at radius 2 is 1.67 bits per heavy atom. The Bertz CT molecular complexity index is 755. The lowest BCUT2D eigenvalue weighted by Gasteiger charge is -2.26. The lowest BCUT2D eigenvalue weighted by Crippen LogP contribution is -3.12. The zero-order valence-corrected chi connectivity index (χ0v) is 17.2. The topological polar surface area (TPSA) is 70.9 Å². The van der Waals surface area contributed by atoms with E-state index in [0.717, 1.165) is 45.2 Å². The van der Waals surface area contributed by atoms with Gasteiger partial charge in [0.25, 0.3) is 5.91 Å². The van der Waals surface area contributed by atoms with Gasteiger partial charge < -0.3 is 10.2 Å². The van der Waals surface area contributed by atoms with Crippen molar-refractivity contribution in [3.8, 4) is 0 Å². The van der Waals surface area contributed by atoms with Gasteiger partial charge in [-0.05, 0) is 56.7 Å². The van der Waals surface area contributed by atoms with Crippen LogP contribution in [0.15, 0.2) is 23.1 Å². The number of piperidine rings is 1. The average Bonchev–Trinajstić information content (AvgIpc) is 2.92. The van der Waals surface area contributed by atoms with Crippen LogP contribution in [0.25, 0.3) is 0 Å². The zero-order chi connectivity index (χ0) is 19.3. The molecule has 27 heavy (non-hydrogen) atoms. The number of nitrogens with zero attached hydrogens (tertiary/aromatic N) is 1. The van der Waals surface area contributed by atoms with Crippen LogP contribution in [-0.4, -0.2) is 51.4 Å². The maximum Gasteiger partial charge on any atom is 0.279 e. The number of benzene rings is 1. The van der Waals surface area contributed by atoms with Gasteiger partial charge in [0.05, 0.1) is 18.1 Å². The molecule has 0 radical (unpaired) electrons. The van der Waals surface area contributed by atoms with Gasteiger partial charge in [0.1, 0.15) is 4.90 Å². The Balaban J connectivity index is 1.70. The van der Waals surface area contributed by atoms with E-state index < -0.39 is 10.0 Å². The van der Waals surface area contributed by atoms with Crippen LogP contribution < -0.4 is 10.2 Å². The van der Waals surface area contributed by atoms with E-state index in [1.807, 2.05) is 0 Å². The molecule has 0 spiro atoms. The summed E-state index contributed by atoms with van der Waals surface area (Å²) in [6.45, 7) is 3.49. The highest BCUT2D eigenvalue weighted by Crippen LogP contribution is 2.29. The molecule has 2 saturated heterocycles. The van der Waals surface area contributed by atoms with E-state index in [0.29, 0.717) is 25.3 Å². The van der Waals surface area contributed by atoms with Crippen molar-refractivity contribution in [2.45, 2.75) is 49.8 Å². The lowest BCUT2D eigenvalue weighted by atomic mass is 10.2. The monoisotopic (exact) mass is 414 g/mol. The molecule has 0 aromatic heterocycles. The number of hydrogen-bond acceptors (Lipinski definition) is 3. The summed E-state index contributed by atoms with van der Waals surface area (Å²) in [5.74, 6) is -0.0875. The first-order valence-electron chi connectivity index (χ1n) is 9.90. The zero-order valence-electron chi connectivity index (χ0n) is 15.7. The molecule has 6 nitrogen and oxygen atoms in total. The first kappa shape index (κ1) is 20.6. The van der Waals surface area contributed by atoms with Gasteiger partial charge in [-0.25, -0.2) is 8.42 Å². The minimum Gasteiger partial charge on any atom is -0.327 e. The fourth-order valence-electron chi connectivity index (χ4n) is 3.86. The van der Waals surface area contributed by atoms with Crippen LogP contribution in [0.4, 0.5) is 5.69 Å². The molecule has 2 aliphatic rings. The Hall–Kier alpha value is -1.15. The first-order chi connectivity index (χ1) is 13.0. The van der Waals surface area contributed by atoms with Crippen LogP contribution in [-0.2, 0) is 14.8 Å². The Kier molecular flexibility index (Phi) is 7.14. The molecule has 0 bridgehead atoms. The maximum absolute atomic E-state index is 12.9. The third-order valence-corrected chi connectivity index (χ3v) is 7.75. The van der Waals surface area contributed by atoms with Gasteiger partial charge in [-0.2, -0.15) is 4.31 Å². The van der Waals surface area contributed by atoms with Gasteiger partial charge in [0.15, 0.2) is 6.54 Å². The van der Waals surface area contributed by atoms with Crippen LogP contribution in [0.3, 0.4) is 0 Å². The van der Waals surface area contributed by atoms with Crippen molar-refractivity contribution in [2.24, 2.45) is 0 Å². The molecule has 2 heterocycles. The van der Waals surface area contributed by atoms with Gasteiger partial charge in [0, 0.05) is 18.8 Å². The van der Waals surface area contributed by atoms with Gasteiger partial charge in [-0.15, -0.1) is 0 Å². The highest BCUT2D eigenvalue weighted by Gasteiger charge is 2.28. The number of hydrogen-bond donors (Lipinski definition) is 2. The van der Waals surface area contributed by atoms with Crippen molar-refractivity contribution in [3.05, 3.63) is 23.2 Å². The van der Waals surface area contributed by atoms with Crippen LogP contribution in [0.2, 0.25) is 5.02 Å². The largest absolute Gasteiger partial charge is 0.327 e. The minimum absolute atomic E-state index is 0.0750. The lowest BCUT2D eigenvalue weighted by molar-refractivity contribution is -0.890. The molecule has 0 saturated carbocycles. The van der Waals surface area contributed by atoms with Gasteiger partial charge in [-0.1, -0.05) is 18.0 Å². The SMILES string of the molecule is O=C(C[NH+]1CCCCCC1)Nc1ccc(Cl)c(S(=O)(=O)N2CCCCC2)c1. The molecule has 8 heteroatoms. The van der Waals surface area contributed by atoms with Crippen molar-refractivity contribution < 1.29 is 18.1 Å². The van der Waals surface area contributed by atoms with Crippen molar-refractivity contribution in [2.75, 3.05) is 38.0 Å². The predicted molar refractivity (Wildman–Crippen MR) is 107 cm³/mol. The van der Waals surface area contributed by atoms with Crippen molar-refractivity contribution in [1.29, 1.82) is 0 Å². The molecule has 1 amide bonds. The number of amides is 1. The average molecular weight is 415 g/mol. The summed E-state index contributed by atoms with van der Waals surface area (Å²) in [4.78, 5) is 13.8. The fraction of sp³-hybridized carbons (Fsp3) is 0.632. The number of rotatable bonds is 5. The summed E-state index contributed by atoms with van der Waals surface area (Å²) in [5, 5.41) is 3.04. The highest BCUT2D eigenvalue weighted by molar-refractivity contribution is 7.89. The minimum atomic E-state index is -3.64. The van der Waals surface area contributed by atoms with Gasteiger partial charge in [0.2, 0.25) is 10.0 Å². The van der Waals surface area contributed by atoms with E-state index in [4.69, 9.17) is 11.6 Å². The molecule has 2 aliphatic heterocycles. The normalized spacial score (nSPS) is 20.2. The second-order valence-electron chi connectivity index (χ2n) is 7.50. The van der Waals surface area contributed by atoms with Crippen molar-refractivity contribution >= 4 is 33.2 Å². The third-order valence-electron chi connectivity index (χ3n) is 5.37. The molecule has 2 N–H and O–H groups in total. The van der Waals surface area contributed by atoms with Crippen LogP contribution in [0.1, 0.15) is 44.9 Å². The molecule has 0 unspecified atom stereocenters. The first-order valence-corrected chi connectivity index (χ1v) is 11.7. The molecule has 0 aliphatic carbocycles. The van der Waals surface area contributed by atoms with Crippen molar-refractivity contribution in [3.63, 3.8) is 0 Å². The predicted octanol–water partition coefficient (Wildman–Crippen LogP) is 1.91. The number of sulfonamides is 1. The number of carbonyl (C=O) groups excluding carboxylic acids is 1. The number of carbonyl (C=O) groups is 1. The molecular formula is C19H29ClN3O3S+. The summed E-state index contributed by atoms with van der Waals surface area (Å²) in [7, 11) is -3.64. The highest BCUT2D eigenvalue weighted by atomic mass is 35.5. The maximum atomic E-state index is 12.9. The number of nitrogens with one attached hydrogen (secondary N) is 2. The summed E-state index contributed by atoms with van der Waals surface area (Å²) in [5.41, 5.74) is 0.481. The number of quaternary nitrogens is 1. The quantitative estimate of drug-likeness (QED) is 0.773.